The van der Waals surface area contributed by atoms with E-state index in [1.807, 2.05) is 67.6 Å². The maximum Gasteiger partial charge on any atom is 0.244 e. The fourth-order valence-corrected chi connectivity index (χ4v) is 5.06. The Morgan fingerprint density at radius 3 is 2.25 bits per heavy atom. The summed E-state index contributed by atoms with van der Waals surface area (Å²) in [5.74, 6) is 1.43. The van der Waals surface area contributed by atoms with E-state index in [2.05, 4.69) is 55.7 Å². The highest BCUT2D eigenvalue weighted by molar-refractivity contribution is 14.1. The van der Waals surface area contributed by atoms with E-state index in [0.717, 1.165) is 35.3 Å². The van der Waals surface area contributed by atoms with Crippen LogP contribution < -0.4 is 14.9 Å². The molecule has 3 aromatic rings. The van der Waals surface area contributed by atoms with Crippen molar-refractivity contribution in [1.29, 1.82) is 0 Å². The molecule has 5 nitrogen and oxygen atoms in total. The summed E-state index contributed by atoms with van der Waals surface area (Å²) >= 11 is 10.4. The Morgan fingerprint density at radius 1 is 1.00 bits per heavy atom. The summed E-state index contributed by atoms with van der Waals surface area (Å²) in [6.45, 7) is 3.00. The molecule has 3 aromatic carbocycles. The lowest BCUT2D eigenvalue weighted by molar-refractivity contribution is -0.120. The molecule has 0 aromatic heterocycles. The van der Waals surface area contributed by atoms with Crippen LogP contribution in [0.5, 0.6) is 11.5 Å². The average Bonchev–Trinajstić information content (AvgIpc) is 2.76. The lowest BCUT2D eigenvalue weighted by atomic mass is 10.1. The zero-order valence-electron chi connectivity index (χ0n) is 17.3. The molecular weight excluding hydrogens is 654 g/mol. The number of rotatable bonds is 9. The second kappa shape index (κ2) is 12.4. The molecule has 0 unspecified atom stereocenters. The first-order chi connectivity index (χ1) is 15.4. The number of amides is 1. The molecule has 0 atom stereocenters. The first-order valence-electron chi connectivity index (χ1n) is 9.84. The van der Waals surface area contributed by atoms with Crippen molar-refractivity contribution in [3.63, 3.8) is 0 Å². The van der Waals surface area contributed by atoms with Crippen LogP contribution in [0.15, 0.2) is 65.8 Å². The lowest BCUT2D eigenvalue weighted by Crippen LogP contribution is -2.19. The van der Waals surface area contributed by atoms with Crippen LogP contribution in [0, 0.1) is 7.14 Å². The Hall–Kier alpha value is -1.85. The molecule has 8 heteroatoms. The summed E-state index contributed by atoms with van der Waals surface area (Å²) in [6, 6.07) is 19.0. The summed E-state index contributed by atoms with van der Waals surface area (Å²) in [6.07, 6.45) is 1.87. The largest absolute Gasteiger partial charge is 0.494 e. The van der Waals surface area contributed by atoms with E-state index in [-0.39, 0.29) is 12.3 Å². The number of hydrazone groups is 1. The Balaban J connectivity index is 1.54. The number of ether oxygens (including phenoxy) is 2. The fourth-order valence-electron chi connectivity index (χ4n) is 2.80. The Morgan fingerprint density at radius 2 is 1.62 bits per heavy atom. The standard InChI is InChI=1S/C24H21ClI2N2O3/c1-2-31-20-9-5-16(6-10-20)13-23(30)29-28-14-18-11-21(26)24(22(27)12-18)32-15-17-3-7-19(25)8-4-17/h3-12,14H,2,13,15H2,1H3,(H,29,30)/b28-14+. The Kier molecular flexibility index (Phi) is 9.61. The predicted octanol–water partition coefficient (Wildman–Crippen LogP) is 6.22. The van der Waals surface area contributed by atoms with Crippen LogP contribution in [0.2, 0.25) is 5.02 Å². The molecule has 0 saturated carbocycles. The maximum absolute atomic E-state index is 12.2. The normalized spacial score (nSPS) is 10.9. The smallest absolute Gasteiger partial charge is 0.244 e. The van der Waals surface area contributed by atoms with E-state index in [1.54, 1.807) is 6.21 Å². The molecule has 0 spiro atoms. The molecule has 0 saturated heterocycles. The summed E-state index contributed by atoms with van der Waals surface area (Å²) in [7, 11) is 0. The van der Waals surface area contributed by atoms with Gasteiger partial charge in [-0.15, -0.1) is 0 Å². The first-order valence-corrected chi connectivity index (χ1v) is 12.4. The van der Waals surface area contributed by atoms with Crippen molar-refractivity contribution in [2.45, 2.75) is 20.0 Å². The van der Waals surface area contributed by atoms with E-state index in [0.29, 0.717) is 18.2 Å². The van der Waals surface area contributed by atoms with Gasteiger partial charge in [-0.3, -0.25) is 4.79 Å². The summed E-state index contributed by atoms with van der Waals surface area (Å²) < 4.78 is 13.3. The van der Waals surface area contributed by atoms with Gasteiger partial charge >= 0.3 is 0 Å². The third kappa shape index (κ3) is 7.63. The number of carbonyl (C=O) groups excluding carboxylic acids is 1. The highest BCUT2D eigenvalue weighted by Gasteiger charge is 2.09. The zero-order valence-corrected chi connectivity index (χ0v) is 22.3. The molecule has 3 rings (SSSR count). The van der Waals surface area contributed by atoms with Crippen molar-refractivity contribution in [1.82, 2.24) is 5.43 Å². The molecule has 0 fully saturated rings. The SMILES string of the molecule is CCOc1ccc(CC(=O)N/N=C/c2cc(I)c(OCc3ccc(Cl)cc3)c(I)c2)cc1. The van der Waals surface area contributed by atoms with Gasteiger partial charge in [-0.1, -0.05) is 35.9 Å². The van der Waals surface area contributed by atoms with Crippen LogP contribution in [0.3, 0.4) is 0 Å². The van der Waals surface area contributed by atoms with E-state index in [4.69, 9.17) is 21.1 Å². The van der Waals surface area contributed by atoms with E-state index >= 15 is 0 Å². The van der Waals surface area contributed by atoms with Crippen molar-refractivity contribution in [2.75, 3.05) is 6.61 Å². The molecule has 0 bridgehead atoms. The fraction of sp³-hybridized carbons (Fsp3) is 0.167. The molecule has 0 heterocycles. The topological polar surface area (TPSA) is 59.9 Å². The van der Waals surface area contributed by atoms with Crippen LogP contribution in [0.4, 0.5) is 0 Å². The van der Waals surface area contributed by atoms with Crippen molar-refractivity contribution in [3.05, 3.63) is 89.5 Å². The molecule has 166 valence electrons. The third-order valence-corrected chi connectivity index (χ3v) is 6.17. The van der Waals surface area contributed by atoms with Gasteiger partial charge in [0.25, 0.3) is 0 Å². The molecule has 1 N–H and O–H groups in total. The predicted molar refractivity (Wildman–Crippen MR) is 145 cm³/mol. The van der Waals surface area contributed by atoms with Gasteiger partial charge in [0, 0.05) is 5.02 Å². The van der Waals surface area contributed by atoms with Crippen LogP contribution in [0.1, 0.15) is 23.6 Å². The highest BCUT2D eigenvalue weighted by Crippen LogP contribution is 2.29. The lowest BCUT2D eigenvalue weighted by Gasteiger charge is -2.11. The number of benzene rings is 3. The van der Waals surface area contributed by atoms with Gasteiger partial charge in [-0.25, -0.2) is 5.43 Å². The van der Waals surface area contributed by atoms with Crippen molar-refractivity contribution in [2.24, 2.45) is 5.10 Å². The zero-order chi connectivity index (χ0) is 22.9. The monoisotopic (exact) mass is 674 g/mol. The molecule has 32 heavy (non-hydrogen) atoms. The molecule has 0 radical (unpaired) electrons. The van der Waals surface area contributed by atoms with Crippen molar-refractivity contribution < 1.29 is 14.3 Å². The van der Waals surface area contributed by atoms with Gasteiger partial charge in [0.15, 0.2) is 0 Å². The van der Waals surface area contributed by atoms with Gasteiger partial charge in [0.1, 0.15) is 18.1 Å². The summed E-state index contributed by atoms with van der Waals surface area (Å²) in [4.78, 5) is 12.2. The molecular formula is C24H21ClI2N2O3. The first kappa shape index (κ1) is 24.8. The number of nitrogens with zero attached hydrogens (tertiary/aromatic N) is 1. The third-order valence-electron chi connectivity index (χ3n) is 4.32. The van der Waals surface area contributed by atoms with Gasteiger partial charge in [-0.05, 0) is 105 Å². The molecule has 0 aliphatic heterocycles. The minimum Gasteiger partial charge on any atom is -0.494 e. The second-order valence-electron chi connectivity index (χ2n) is 6.78. The number of carbonyl (C=O) groups is 1. The van der Waals surface area contributed by atoms with Crippen molar-refractivity contribution >= 4 is 68.9 Å². The minimum absolute atomic E-state index is 0.183. The number of hydrogen-bond acceptors (Lipinski definition) is 4. The van der Waals surface area contributed by atoms with Gasteiger partial charge in [-0.2, -0.15) is 5.10 Å². The number of hydrogen-bond donors (Lipinski definition) is 1. The van der Waals surface area contributed by atoms with E-state index in [9.17, 15) is 4.79 Å². The quantitative estimate of drug-likeness (QED) is 0.167. The number of halogens is 3. The van der Waals surface area contributed by atoms with Crippen LogP contribution in [-0.4, -0.2) is 18.7 Å². The Labute approximate surface area is 219 Å². The maximum atomic E-state index is 12.2. The van der Waals surface area contributed by atoms with Gasteiger partial charge in [0.05, 0.1) is 26.4 Å². The van der Waals surface area contributed by atoms with E-state index in [1.165, 1.54) is 0 Å². The van der Waals surface area contributed by atoms with Crippen molar-refractivity contribution in [3.8, 4) is 11.5 Å². The van der Waals surface area contributed by atoms with Gasteiger partial charge in [0.2, 0.25) is 5.91 Å². The van der Waals surface area contributed by atoms with Crippen LogP contribution >= 0.6 is 56.8 Å². The summed E-state index contributed by atoms with van der Waals surface area (Å²) in [5, 5.41) is 4.79. The van der Waals surface area contributed by atoms with Crippen LogP contribution in [0.25, 0.3) is 0 Å². The second-order valence-corrected chi connectivity index (χ2v) is 9.54. The molecule has 0 aliphatic carbocycles. The molecule has 1 amide bonds. The minimum atomic E-state index is -0.183. The van der Waals surface area contributed by atoms with E-state index < -0.39 is 0 Å². The van der Waals surface area contributed by atoms with Crippen LogP contribution in [-0.2, 0) is 17.8 Å². The number of nitrogens with one attached hydrogen (secondary N) is 1. The molecule has 0 aliphatic rings. The highest BCUT2D eigenvalue weighted by atomic mass is 127. The Bertz CT molecular complexity index is 1060. The average molecular weight is 675 g/mol. The van der Waals surface area contributed by atoms with Gasteiger partial charge < -0.3 is 9.47 Å². The summed E-state index contributed by atoms with van der Waals surface area (Å²) in [5.41, 5.74) is 5.39.